The Balaban J connectivity index is 2.16. The zero-order chi connectivity index (χ0) is 13.8. The number of nitrogens with zero attached hydrogens (tertiary/aromatic N) is 1. The highest BCUT2D eigenvalue weighted by molar-refractivity contribution is 5.85. The zero-order valence-electron chi connectivity index (χ0n) is 11.5. The second-order valence-electron chi connectivity index (χ2n) is 4.85. The van der Waals surface area contributed by atoms with Crippen LogP contribution in [0.15, 0.2) is 18.2 Å². The minimum atomic E-state index is 0.0187. The Hall–Kier alpha value is -1.91. The summed E-state index contributed by atoms with van der Waals surface area (Å²) in [6, 6.07) is 5.58. The molecule has 1 atom stereocenters. The molecule has 5 heteroatoms. The molecule has 1 aromatic carbocycles. The average Bonchev–Trinajstić information content (AvgIpc) is 2.35. The van der Waals surface area contributed by atoms with E-state index in [-0.39, 0.29) is 12.0 Å². The van der Waals surface area contributed by atoms with Gasteiger partial charge in [0.25, 0.3) is 0 Å². The van der Waals surface area contributed by atoms with Crippen molar-refractivity contribution in [3.05, 3.63) is 18.2 Å². The standard InChI is InChI=1S/C14H21N3O2/c1-3-7-16-13(18)9-17-8-10(2)19-12-6-4-5-11(15)14(12)17/h4-6,10H,3,7-9,15H2,1-2H3,(H,16,18). The van der Waals surface area contributed by atoms with Crippen LogP contribution in [0.25, 0.3) is 0 Å². The Morgan fingerprint density at radius 2 is 2.37 bits per heavy atom. The first kappa shape index (κ1) is 13.5. The predicted octanol–water partition coefficient (Wildman–Crippen LogP) is 1.38. The summed E-state index contributed by atoms with van der Waals surface area (Å²) in [7, 11) is 0. The molecule has 0 radical (unpaired) electrons. The van der Waals surface area contributed by atoms with Crippen LogP contribution in [0.4, 0.5) is 11.4 Å². The Morgan fingerprint density at radius 3 is 3.11 bits per heavy atom. The van der Waals surface area contributed by atoms with Crippen LogP contribution in [0.3, 0.4) is 0 Å². The smallest absolute Gasteiger partial charge is 0.239 e. The third kappa shape index (κ3) is 3.10. The molecule has 5 nitrogen and oxygen atoms in total. The van der Waals surface area contributed by atoms with Crippen LogP contribution in [-0.4, -0.2) is 31.6 Å². The van der Waals surface area contributed by atoms with Gasteiger partial charge in [0.05, 0.1) is 18.8 Å². The lowest BCUT2D eigenvalue weighted by molar-refractivity contribution is -0.119. The maximum absolute atomic E-state index is 11.9. The fraction of sp³-hybridized carbons (Fsp3) is 0.500. The molecule has 3 N–H and O–H groups in total. The van der Waals surface area contributed by atoms with Crippen molar-refractivity contribution < 1.29 is 9.53 Å². The molecular formula is C14H21N3O2. The van der Waals surface area contributed by atoms with Gasteiger partial charge in [-0.25, -0.2) is 0 Å². The molecule has 19 heavy (non-hydrogen) atoms. The van der Waals surface area contributed by atoms with Gasteiger partial charge in [-0.15, -0.1) is 0 Å². The first-order valence-electron chi connectivity index (χ1n) is 6.68. The molecule has 1 heterocycles. The molecule has 0 saturated heterocycles. The topological polar surface area (TPSA) is 67.6 Å². The van der Waals surface area contributed by atoms with E-state index < -0.39 is 0 Å². The second-order valence-corrected chi connectivity index (χ2v) is 4.85. The summed E-state index contributed by atoms with van der Waals surface area (Å²) in [6.07, 6.45) is 0.984. The summed E-state index contributed by atoms with van der Waals surface area (Å²) < 4.78 is 5.75. The highest BCUT2D eigenvalue weighted by atomic mass is 16.5. The summed E-state index contributed by atoms with van der Waals surface area (Å²) in [4.78, 5) is 13.9. The minimum Gasteiger partial charge on any atom is -0.487 e. The number of fused-ring (bicyclic) bond motifs is 1. The van der Waals surface area contributed by atoms with E-state index in [1.54, 1.807) is 0 Å². The van der Waals surface area contributed by atoms with E-state index in [2.05, 4.69) is 5.32 Å². The van der Waals surface area contributed by atoms with Gasteiger partial charge in [-0.05, 0) is 25.5 Å². The molecule has 0 spiro atoms. The molecule has 2 rings (SSSR count). The van der Waals surface area contributed by atoms with Crippen LogP contribution in [0, 0.1) is 0 Å². The van der Waals surface area contributed by atoms with Gasteiger partial charge in [0.15, 0.2) is 0 Å². The largest absolute Gasteiger partial charge is 0.487 e. The normalized spacial score (nSPS) is 17.6. The highest BCUT2D eigenvalue weighted by Gasteiger charge is 2.26. The van der Waals surface area contributed by atoms with Crippen molar-refractivity contribution in [2.24, 2.45) is 0 Å². The van der Waals surface area contributed by atoms with Crippen LogP contribution in [-0.2, 0) is 4.79 Å². The van der Waals surface area contributed by atoms with Gasteiger partial charge in [-0.3, -0.25) is 4.79 Å². The van der Waals surface area contributed by atoms with Crippen molar-refractivity contribution in [2.45, 2.75) is 26.4 Å². The van der Waals surface area contributed by atoms with Crippen molar-refractivity contribution in [1.82, 2.24) is 5.32 Å². The van der Waals surface area contributed by atoms with Crippen molar-refractivity contribution in [1.29, 1.82) is 0 Å². The first-order chi connectivity index (χ1) is 9.11. The fourth-order valence-electron chi connectivity index (χ4n) is 2.27. The Kier molecular flexibility index (Phi) is 4.14. The van der Waals surface area contributed by atoms with E-state index in [0.717, 1.165) is 17.9 Å². The lowest BCUT2D eigenvalue weighted by atomic mass is 10.1. The average molecular weight is 263 g/mol. The number of amides is 1. The number of nitrogen functional groups attached to an aromatic ring is 1. The van der Waals surface area contributed by atoms with Gasteiger partial charge in [-0.1, -0.05) is 13.0 Å². The minimum absolute atomic E-state index is 0.0187. The molecule has 0 bridgehead atoms. The zero-order valence-corrected chi connectivity index (χ0v) is 11.5. The van der Waals surface area contributed by atoms with Gasteiger partial charge in [0, 0.05) is 6.54 Å². The number of hydrogen-bond donors (Lipinski definition) is 2. The number of carbonyl (C=O) groups excluding carboxylic acids is 1. The number of ether oxygens (including phenoxy) is 1. The summed E-state index contributed by atoms with van der Waals surface area (Å²) in [5.74, 6) is 0.771. The molecule has 0 aliphatic carbocycles. The number of anilines is 2. The Morgan fingerprint density at radius 1 is 1.58 bits per heavy atom. The molecule has 1 aliphatic heterocycles. The molecule has 1 unspecified atom stereocenters. The SMILES string of the molecule is CCCNC(=O)CN1CC(C)Oc2cccc(N)c21. The van der Waals surface area contributed by atoms with E-state index in [1.807, 2.05) is 36.9 Å². The molecule has 104 valence electrons. The molecule has 1 aromatic rings. The van der Waals surface area contributed by atoms with E-state index in [4.69, 9.17) is 10.5 Å². The molecule has 0 aromatic heterocycles. The number of hydrogen-bond acceptors (Lipinski definition) is 4. The lowest BCUT2D eigenvalue weighted by Gasteiger charge is -2.35. The number of rotatable bonds is 4. The van der Waals surface area contributed by atoms with E-state index >= 15 is 0 Å². The summed E-state index contributed by atoms with van der Waals surface area (Å²) in [6.45, 7) is 5.71. The molecular weight excluding hydrogens is 242 g/mol. The number of nitrogens with one attached hydrogen (secondary N) is 1. The second kappa shape index (κ2) is 5.82. The van der Waals surface area contributed by atoms with Crippen molar-refractivity contribution in [3.8, 4) is 5.75 Å². The van der Waals surface area contributed by atoms with Gasteiger partial charge >= 0.3 is 0 Å². The molecule has 1 amide bonds. The Bertz CT molecular complexity index is 462. The van der Waals surface area contributed by atoms with E-state index in [0.29, 0.717) is 25.3 Å². The highest BCUT2D eigenvalue weighted by Crippen LogP contribution is 2.37. The molecule has 0 fully saturated rings. The third-order valence-electron chi connectivity index (χ3n) is 3.06. The lowest BCUT2D eigenvalue weighted by Crippen LogP contribution is -2.44. The van der Waals surface area contributed by atoms with Crippen LogP contribution in [0.2, 0.25) is 0 Å². The van der Waals surface area contributed by atoms with Crippen molar-refractivity contribution in [2.75, 3.05) is 30.3 Å². The number of para-hydroxylation sites is 1. The summed E-state index contributed by atoms with van der Waals surface area (Å²) >= 11 is 0. The monoisotopic (exact) mass is 263 g/mol. The Labute approximate surface area is 113 Å². The van der Waals surface area contributed by atoms with Gasteiger partial charge in [0.2, 0.25) is 5.91 Å². The first-order valence-corrected chi connectivity index (χ1v) is 6.68. The number of nitrogens with two attached hydrogens (primary N) is 1. The van der Waals surface area contributed by atoms with E-state index in [9.17, 15) is 4.79 Å². The van der Waals surface area contributed by atoms with Crippen LogP contribution in [0.5, 0.6) is 5.75 Å². The third-order valence-corrected chi connectivity index (χ3v) is 3.06. The van der Waals surface area contributed by atoms with Crippen molar-refractivity contribution in [3.63, 3.8) is 0 Å². The number of carbonyl (C=O) groups is 1. The summed E-state index contributed by atoms with van der Waals surface area (Å²) in [5.41, 5.74) is 7.47. The van der Waals surface area contributed by atoms with Gasteiger partial charge in [-0.2, -0.15) is 0 Å². The van der Waals surface area contributed by atoms with Crippen molar-refractivity contribution >= 4 is 17.3 Å². The van der Waals surface area contributed by atoms with Gasteiger partial charge in [0.1, 0.15) is 17.5 Å². The van der Waals surface area contributed by atoms with Gasteiger partial charge < -0.3 is 20.7 Å². The summed E-state index contributed by atoms with van der Waals surface area (Å²) in [5, 5.41) is 2.88. The number of benzene rings is 1. The maximum atomic E-state index is 11.9. The fourth-order valence-corrected chi connectivity index (χ4v) is 2.27. The molecule has 1 aliphatic rings. The predicted molar refractivity (Wildman–Crippen MR) is 76.5 cm³/mol. The van der Waals surface area contributed by atoms with Crippen LogP contribution < -0.4 is 20.7 Å². The maximum Gasteiger partial charge on any atom is 0.239 e. The van der Waals surface area contributed by atoms with Crippen LogP contribution in [0.1, 0.15) is 20.3 Å². The van der Waals surface area contributed by atoms with E-state index in [1.165, 1.54) is 0 Å². The molecule has 0 saturated carbocycles. The quantitative estimate of drug-likeness (QED) is 0.805. The van der Waals surface area contributed by atoms with Crippen LogP contribution >= 0.6 is 0 Å².